The Labute approximate surface area is 183 Å². The SMILES string of the molecule is CCc1nn(CCCOC(=O)C2=CCC(C)=C2C)c2c1C(=O)NCC1(CCOCC1)C2. The zero-order valence-corrected chi connectivity index (χ0v) is 18.9. The Balaban J connectivity index is 1.44. The van der Waals surface area contributed by atoms with Crippen LogP contribution in [-0.4, -0.2) is 48.0 Å². The van der Waals surface area contributed by atoms with Gasteiger partial charge in [-0.1, -0.05) is 18.6 Å². The molecule has 31 heavy (non-hydrogen) atoms. The molecule has 0 atom stereocenters. The van der Waals surface area contributed by atoms with E-state index in [0.29, 0.717) is 38.1 Å². The summed E-state index contributed by atoms with van der Waals surface area (Å²) >= 11 is 0. The first-order valence-corrected chi connectivity index (χ1v) is 11.4. The van der Waals surface area contributed by atoms with Crippen molar-refractivity contribution in [2.75, 3.05) is 26.4 Å². The fourth-order valence-electron chi connectivity index (χ4n) is 4.84. The Morgan fingerprint density at radius 1 is 1.32 bits per heavy atom. The lowest BCUT2D eigenvalue weighted by atomic mass is 9.76. The number of amides is 1. The van der Waals surface area contributed by atoms with E-state index in [0.717, 1.165) is 61.4 Å². The van der Waals surface area contributed by atoms with Gasteiger partial charge in [-0.25, -0.2) is 4.79 Å². The first kappa shape index (κ1) is 21.8. The smallest absolute Gasteiger partial charge is 0.338 e. The van der Waals surface area contributed by atoms with Crippen LogP contribution in [0.1, 0.15) is 68.2 Å². The molecule has 1 spiro atoms. The molecular weight excluding hydrogens is 394 g/mol. The molecule has 1 aromatic heterocycles. The monoisotopic (exact) mass is 427 g/mol. The normalized spacial score (nSPS) is 20.4. The zero-order valence-electron chi connectivity index (χ0n) is 18.9. The summed E-state index contributed by atoms with van der Waals surface area (Å²) in [7, 11) is 0. The topological polar surface area (TPSA) is 82.5 Å². The van der Waals surface area contributed by atoms with Crippen LogP contribution in [0.4, 0.5) is 0 Å². The third kappa shape index (κ3) is 4.33. The van der Waals surface area contributed by atoms with Gasteiger partial charge in [-0.05, 0) is 56.9 Å². The summed E-state index contributed by atoms with van der Waals surface area (Å²) in [5.74, 6) is -0.262. The van der Waals surface area contributed by atoms with Crippen LogP contribution < -0.4 is 5.32 Å². The largest absolute Gasteiger partial charge is 0.462 e. The third-order valence-corrected chi connectivity index (χ3v) is 7.04. The number of rotatable bonds is 6. The Kier molecular flexibility index (Phi) is 6.32. The standard InChI is InChI=1S/C24H33N3O4/c1-4-19-21-20(14-24(15-25-22(21)28)8-12-30-13-9-24)27(26-19)10-5-11-31-23(29)18-7-6-16(2)17(18)3/h7H,4-6,8-15H2,1-3H3,(H,25,28). The van der Waals surface area contributed by atoms with E-state index in [9.17, 15) is 9.59 Å². The highest BCUT2D eigenvalue weighted by Gasteiger charge is 2.39. The maximum absolute atomic E-state index is 12.9. The number of hydrogen-bond acceptors (Lipinski definition) is 5. The van der Waals surface area contributed by atoms with Gasteiger partial charge in [-0.15, -0.1) is 0 Å². The van der Waals surface area contributed by atoms with Crippen molar-refractivity contribution in [2.24, 2.45) is 5.41 Å². The van der Waals surface area contributed by atoms with Gasteiger partial charge in [-0.3, -0.25) is 9.48 Å². The van der Waals surface area contributed by atoms with Crippen LogP contribution in [0.25, 0.3) is 0 Å². The van der Waals surface area contributed by atoms with E-state index in [1.165, 1.54) is 5.57 Å². The number of allylic oxidation sites excluding steroid dienone is 2. The Morgan fingerprint density at radius 3 is 2.77 bits per heavy atom. The van der Waals surface area contributed by atoms with Crippen LogP contribution >= 0.6 is 0 Å². The number of carbonyl (C=O) groups is 2. The van der Waals surface area contributed by atoms with E-state index in [-0.39, 0.29) is 17.3 Å². The highest BCUT2D eigenvalue weighted by Crippen LogP contribution is 2.37. The van der Waals surface area contributed by atoms with E-state index >= 15 is 0 Å². The fraction of sp³-hybridized carbons (Fsp3) is 0.625. The minimum Gasteiger partial charge on any atom is -0.462 e. The van der Waals surface area contributed by atoms with Crippen molar-refractivity contribution in [1.29, 1.82) is 0 Å². The number of nitrogens with one attached hydrogen (secondary N) is 1. The van der Waals surface area contributed by atoms with E-state index in [2.05, 4.69) is 5.32 Å². The highest BCUT2D eigenvalue weighted by atomic mass is 16.5. The van der Waals surface area contributed by atoms with E-state index < -0.39 is 0 Å². The van der Waals surface area contributed by atoms with E-state index in [1.807, 2.05) is 31.5 Å². The lowest BCUT2D eigenvalue weighted by Crippen LogP contribution is -2.40. The summed E-state index contributed by atoms with van der Waals surface area (Å²) in [5.41, 5.74) is 5.59. The van der Waals surface area contributed by atoms with Gasteiger partial charge >= 0.3 is 5.97 Å². The van der Waals surface area contributed by atoms with Gasteiger partial charge in [0.1, 0.15) is 0 Å². The maximum atomic E-state index is 12.9. The van der Waals surface area contributed by atoms with E-state index in [4.69, 9.17) is 14.6 Å². The van der Waals surface area contributed by atoms with Gasteiger partial charge in [0.25, 0.3) is 5.91 Å². The lowest BCUT2D eigenvalue weighted by molar-refractivity contribution is -0.138. The maximum Gasteiger partial charge on any atom is 0.338 e. The lowest BCUT2D eigenvalue weighted by Gasteiger charge is -2.36. The van der Waals surface area contributed by atoms with Crippen molar-refractivity contribution in [3.05, 3.63) is 39.7 Å². The van der Waals surface area contributed by atoms with Gasteiger partial charge < -0.3 is 14.8 Å². The average Bonchev–Trinajstić information content (AvgIpc) is 3.25. The van der Waals surface area contributed by atoms with Crippen molar-refractivity contribution in [2.45, 2.75) is 65.8 Å². The van der Waals surface area contributed by atoms with Crippen LogP contribution in [0.2, 0.25) is 0 Å². The number of nitrogens with zero attached hydrogens (tertiary/aromatic N) is 2. The van der Waals surface area contributed by atoms with Crippen molar-refractivity contribution < 1.29 is 19.1 Å². The number of ether oxygens (including phenoxy) is 2. The van der Waals surface area contributed by atoms with Crippen LogP contribution in [0.15, 0.2) is 22.8 Å². The second-order valence-electron chi connectivity index (χ2n) is 9.03. The third-order valence-electron chi connectivity index (χ3n) is 7.04. The molecule has 0 aromatic carbocycles. The molecule has 1 N–H and O–H groups in total. The number of carbonyl (C=O) groups excluding carboxylic acids is 2. The molecule has 0 unspecified atom stereocenters. The predicted octanol–water partition coefficient (Wildman–Crippen LogP) is 3.13. The molecule has 3 aliphatic rings. The number of esters is 1. The van der Waals surface area contributed by atoms with Crippen molar-refractivity contribution >= 4 is 11.9 Å². The molecule has 0 radical (unpaired) electrons. The van der Waals surface area contributed by atoms with Gasteiger partial charge in [0, 0.05) is 32.7 Å². The molecule has 1 aliphatic carbocycles. The molecule has 0 saturated carbocycles. The number of aryl methyl sites for hydroxylation is 2. The Hall–Kier alpha value is -2.41. The molecule has 2 aliphatic heterocycles. The van der Waals surface area contributed by atoms with Gasteiger partial charge in [-0.2, -0.15) is 5.10 Å². The molecular formula is C24H33N3O4. The van der Waals surface area contributed by atoms with Crippen molar-refractivity contribution in [3.63, 3.8) is 0 Å². The molecule has 7 heteroatoms. The summed E-state index contributed by atoms with van der Waals surface area (Å²) in [6, 6.07) is 0. The second kappa shape index (κ2) is 8.99. The van der Waals surface area contributed by atoms with Gasteiger partial charge in [0.05, 0.1) is 29.1 Å². The average molecular weight is 428 g/mol. The first-order valence-electron chi connectivity index (χ1n) is 11.4. The summed E-state index contributed by atoms with van der Waals surface area (Å²) in [6.45, 7) is 9.17. The van der Waals surface area contributed by atoms with Gasteiger partial charge in [0.15, 0.2) is 0 Å². The molecule has 1 fully saturated rings. The number of aromatic nitrogens is 2. The molecule has 7 nitrogen and oxygen atoms in total. The second-order valence-corrected chi connectivity index (χ2v) is 9.03. The molecule has 1 saturated heterocycles. The number of fused-ring (bicyclic) bond motifs is 1. The minimum atomic E-state index is -0.247. The summed E-state index contributed by atoms with van der Waals surface area (Å²) in [5, 5.41) is 7.90. The molecule has 3 heterocycles. The fourth-order valence-corrected chi connectivity index (χ4v) is 4.84. The Morgan fingerprint density at radius 2 is 2.10 bits per heavy atom. The molecule has 168 valence electrons. The molecule has 4 rings (SSSR count). The van der Waals surface area contributed by atoms with Crippen LogP contribution in [-0.2, 0) is 33.7 Å². The quantitative estimate of drug-likeness (QED) is 0.557. The molecule has 0 bridgehead atoms. The number of hydrogen-bond donors (Lipinski definition) is 1. The molecule has 1 amide bonds. The van der Waals surface area contributed by atoms with Crippen molar-refractivity contribution in [1.82, 2.24) is 15.1 Å². The first-order chi connectivity index (χ1) is 14.9. The van der Waals surface area contributed by atoms with Crippen molar-refractivity contribution in [3.8, 4) is 0 Å². The Bertz CT molecular complexity index is 935. The van der Waals surface area contributed by atoms with E-state index in [1.54, 1.807) is 0 Å². The van der Waals surface area contributed by atoms with Crippen LogP contribution in [0.3, 0.4) is 0 Å². The van der Waals surface area contributed by atoms with Crippen LogP contribution in [0, 0.1) is 5.41 Å². The summed E-state index contributed by atoms with van der Waals surface area (Å²) < 4.78 is 13.1. The molecule has 1 aromatic rings. The highest BCUT2D eigenvalue weighted by molar-refractivity contribution is 5.97. The predicted molar refractivity (Wildman–Crippen MR) is 117 cm³/mol. The summed E-state index contributed by atoms with van der Waals surface area (Å²) in [4.78, 5) is 25.2. The van der Waals surface area contributed by atoms with Gasteiger partial charge in [0.2, 0.25) is 0 Å². The van der Waals surface area contributed by atoms with Crippen LogP contribution in [0.5, 0.6) is 0 Å². The minimum absolute atomic E-state index is 0.0151. The summed E-state index contributed by atoms with van der Waals surface area (Å²) in [6.07, 6.45) is 6.86. The zero-order chi connectivity index (χ0) is 22.0.